The predicted molar refractivity (Wildman–Crippen MR) is 35.1 cm³/mol. The summed E-state index contributed by atoms with van der Waals surface area (Å²) in [5, 5.41) is 20.6. The van der Waals surface area contributed by atoms with Crippen LogP contribution in [0.15, 0.2) is 24.3 Å². The van der Waals surface area contributed by atoms with Crippen molar-refractivity contribution in [1.29, 1.82) is 0 Å². The van der Waals surface area contributed by atoms with Crippen LogP contribution in [0.25, 0.3) is 0 Å². The number of carbonyl (C=O) groups excluding carboxylic acids is 2. The second-order valence-corrected chi connectivity index (χ2v) is 2.12. The molecule has 0 aromatic heterocycles. The molecule has 14 heavy (non-hydrogen) atoms. The van der Waals surface area contributed by atoms with Crippen molar-refractivity contribution in [2.75, 3.05) is 0 Å². The van der Waals surface area contributed by atoms with Gasteiger partial charge in [-0.2, -0.15) is 0 Å². The van der Waals surface area contributed by atoms with E-state index in [1.54, 1.807) is 0 Å². The van der Waals surface area contributed by atoms with Crippen LogP contribution in [0.3, 0.4) is 0 Å². The van der Waals surface area contributed by atoms with Crippen molar-refractivity contribution in [2.45, 2.75) is 0 Å². The average molecular weight is 178 g/mol. The van der Waals surface area contributed by atoms with E-state index in [0.717, 1.165) is 12.1 Å². The van der Waals surface area contributed by atoms with Gasteiger partial charge in [0.05, 0.1) is 11.9 Å². The second kappa shape index (κ2) is 6.76. The normalized spacial score (nSPS) is 8.00. The molecule has 0 spiro atoms. The van der Waals surface area contributed by atoms with Crippen LogP contribution < -0.4 is 47.9 Å². The van der Waals surface area contributed by atoms with Crippen molar-refractivity contribution < 1.29 is 57.5 Å². The molecule has 1 aromatic rings. The van der Waals surface area contributed by atoms with E-state index in [0.29, 0.717) is 0 Å². The minimum atomic E-state index is -1.52. The summed E-state index contributed by atoms with van der Waals surface area (Å²) in [5.41, 5.74) is -0.727. The van der Waals surface area contributed by atoms with Crippen LogP contribution in [0, 0.1) is 0 Å². The molecule has 0 saturated heterocycles. The van der Waals surface area contributed by atoms with Crippen molar-refractivity contribution in [3.05, 3.63) is 35.4 Å². The molecule has 0 amide bonds. The summed E-state index contributed by atoms with van der Waals surface area (Å²) < 4.78 is 0. The standard InChI is InChI=1S/C8H6O4.2Li/c9-7(10)5-3-1-2-4-6(5)8(11)12;;/h1-4H,(H,9,10)(H,11,12);;/q;2*+1/p-2. The Hall–Kier alpha value is -0.645. The molecule has 0 aliphatic heterocycles. The smallest absolute Gasteiger partial charge is 0.545 e. The molecule has 4 nitrogen and oxygen atoms in total. The molecule has 0 radical (unpaired) electrons. The van der Waals surface area contributed by atoms with Crippen LogP contribution in [0.1, 0.15) is 20.7 Å². The number of aromatic carboxylic acids is 2. The number of hydrogen-bond donors (Lipinski definition) is 0. The van der Waals surface area contributed by atoms with E-state index in [1.165, 1.54) is 12.1 Å². The Morgan fingerprint density at radius 3 is 1.36 bits per heavy atom. The fourth-order valence-electron chi connectivity index (χ4n) is 0.839. The van der Waals surface area contributed by atoms with Gasteiger partial charge in [0.1, 0.15) is 0 Å². The molecule has 0 N–H and O–H groups in total. The maximum atomic E-state index is 10.3. The molecular weight excluding hydrogens is 174 g/mol. The van der Waals surface area contributed by atoms with Gasteiger partial charge in [0.15, 0.2) is 0 Å². The molecule has 0 bridgehead atoms. The van der Waals surface area contributed by atoms with Crippen molar-refractivity contribution in [1.82, 2.24) is 0 Å². The van der Waals surface area contributed by atoms with E-state index in [-0.39, 0.29) is 48.8 Å². The number of hydrogen-bond acceptors (Lipinski definition) is 4. The molecule has 0 aliphatic rings. The van der Waals surface area contributed by atoms with Crippen molar-refractivity contribution in [3.8, 4) is 0 Å². The maximum absolute atomic E-state index is 10.3. The number of carbonyl (C=O) groups is 2. The zero-order chi connectivity index (χ0) is 9.14. The first-order valence-electron chi connectivity index (χ1n) is 3.14. The van der Waals surface area contributed by atoms with Gasteiger partial charge in [0.25, 0.3) is 0 Å². The van der Waals surface area contributed by atoms with Gasteiger partial charge in [0.2, 0.25) is 0 Å². The van der Waals surface area contributed by atoms with E-state index >= 15 is 0 Å². The first-order chi connectivity index (χ1) is 5.63. The van der Waals surface area contributed by atoms with Gasteiger partial charge in [-0.1, -0.05) is 24.3 Å². The summed E-state index contributed by atoms with van der Waals surface area (Å²) in [6, 6.07) is 5.14. The summed E-state index contributed by atoms with van der Waals surface area (Å²) in [7, 11) is 0. The van der Waals surface area contributed by atoms with Gasteiger partial charge in [-0.05, 0) is 0 Å². The van der Waals surface area contributed by atoms with Crippen LogP contribution in [0.5, 0.6) is 0 Å². The van der Waals surface area contributed by atoms with Crippen LogP contribution in [-0.2, 0) is 0 Å². The molecule has 1 aromatic carbocycles. The Balaban J connectivity index is 0. The maximum Gasteiger partial charge on any atom is 1.00 e. The number of carboxylic acids is 2. The minimum absolute atomic E-state index is 0. The first kappa shape index (κ1) is 15.8. The molecular formula is C8H4Li2O4. The molecule has 0 heterocycles. The fraction of sp³-hybridized carbons (Fsp3) is 0. The zero-order valence-corrected chi connectivity index (χ0v) is 7.94. The van der Waals surface area contributed by atoms with E-state index < -0.39 is 11.9 Å². The van der Waals surface area contributed by atoms with E-state index in [1.807, 2.05) is 0 Å². The van der Waals surface area contributed by atoms with Gasteiger partial charge in [0, 0.05) is 11.1 Å². The quantitative estimate of drug-likeness (QED) is 0.421. The summed E-state index contributed by atoms with van der Waals surface area (Å²) in [6.45, 7) is 0. The molecule has 0 aliphatic carbocycles. The third-order valence-corrected chi connectivity index (χ3v) is 1.37. The van der Waals surface area contributed by atoms with Gasteiger partial charge in [-0.3, -0.25) is 0 Å². The average Bonchev–Trinajstić information content (AvgIpc) is 2.04. The summed E-state index contributed by atoms with van der Waals surface area (Å²) >= 11 is 0. The Morgan fingerprint density at radius 2 is 1.14 bits per heavy atom. The molecule has 0 saturated carbocycles. The largest absolute Gasteiger partial charge is 1.00 e. The monoisotopic (exact) mass is 178 g/mol. The number of carboxylic acid groups (broad SMARTS) is 2. The molecule has 6 heteroatoms. The van der Waals surface area contributed by atoms with Crippen LogP contribution in [-0.4, -0.2) is 11.9 Å². The number of benzene rings is 1. The molecule has 0 unspecified atom stereocenters. The van der Waals surface area contributed by atoms with Gasteiger partial charge in [-0.15, -0.1) is 0 Å². The van der Waals surface area contributed by atoms with Gasteiger partial charge < -0.3 is 19.8 Å². The van der Waals surface area contributed by atoms with Crippen molar-refractivity contribution in [2.24, 2.45) is 0 Å². The summed E-state index contributed by atoms with van der Waals surface area (Å²) in [6.07, 6.45) is 0. The van der Waals surface area contributed by atoms with Crippen molar-refractivity contribution >= 4 is 11.9 Å². The molecule has 0 atom stereocenters. The van der Waals surface area contributed by atoms with E-state index in [2.05, 4.69) is 0 Å². The topological polar surface area (TPSA) is 80.3 Å². The molecule has 0 fully saturated rings. The van der Waals surface area contributed by atoms with E-state index in [9.17, 15) is 19.8 Å². The third kappa shape index (κ3) is 3.61. The SMILES string of the molecule is O=C([O-])c1ccccc1C(=O)[O-].[Li+].[Li+]. The third-order valence-electron chi connectivity index (χ3n) is 1.37. The van der Waals surface area contributed by atoms with Crippen LogP contribution in [0.2, 0.25) is 0 Å². The minimum Gasteiger partial charge on any atom is -0.545 e. The van der Waals surface area contributed by atoms with Crippen LogP contribution in [0.4, 0.5) is 0 Å². The Bertz CT molecular complexity index is 305. The predicted octanol–water partition coefficient (Wildman–Crippen LogP) is -7.58. The van der Waals surface area contributed by atoms with Gasteiger partial charge >= 0.3 is 37.7 Å². The number of rotatable bonds is 2. The Labute approximate surface area is 105 Å². The first-order valence-corrected chi connectivity index (χ1v) is 3.14. The summed E-state index contributed by atoms with van der Waals surface area (Å²) in [4.78, 5) is 20.6. The summed E-state index contributed by atoms with van der Waals surface area (Å²) in [5.74, 6) is -3.04. The molecule has 1 rings (SSSR count). The fourth-order valence-corrected chi connectivity index (χ4v) is 0.839. The van der Waals surface area contributed by atoms with Crippen molar-refractivity contribution in [3.63, 3.8) is 0 Å². The van der Waals surface area contributed by atoms with E-state index in [4.69, 9.17) is 0 Å². The second-order valence-electron chi connectivity index (χ2n) is 2.12. The Kier molecular flexibility index (Phi) is 7.63. The Morgan fingerprint density at radius 1 is 0.857 bits per heavy atom. The zero-order valence-electron chi connectivity index (χ0n) is 7.94. The molecule has 62 valence electrons. The van der Waals surface area contributed by atoms with Crippen LogP contribution >= 0.6 is 0 Å². The van der Waals surface area contributed by atoms with Gasteiger partial charge in [-0.25, -0.2) is 0 Å².